The number of hydrogen-bond acceptors (Lipinski definition) is 7. The summed E-state index contributed by atoms with van der Waals surface area (Å²) in [5, 5.41) is 8.53. The summed E-state index contributed by atoms with van der Waals surface area (Å²) < 4.78 is 46.3. The van der Waals surface area contributed by atoms with Crippen LogP contribution < -0.4 is 9.46 Å². The van der Waals surface area contributed by atoms with Crippen LogP contribution in [0.2, 0.25) is 0 Å². The van der Waals surface area contributed by atoms with Crippen LogP contribution in [-0.4, -0.2) is 71.0 Å². The van der Waals surface area contributed by atoms with Crippen molar-refractivity contribution in [3.63, 3.8) is 0 Å². The first-order valence-electron chi connectivity index (χ1n) is 14.8. The second-order valence-corrected chi connectivity index (χ2v) is 13.2. The van der Waals surface area contributed by atoms with Gasteiger partial charge in [0.1, 0.15) is 29.4 Å². The molecule has 5 heterocycles. The molecule has 4 aromatic heterocycles. The summed E-state index contributed by atoms with van der Waals surface area (Å²) >= 11 is 0. The van der Waals surface area contributed by atoms with Crippen molar-refractivity contribution in [2.45, 2.75) is 19.4 Å². The molecule has 1 aliphatic heterocycles. The number of pyridine rings is 2. The molecule has 3 N–H and O–H groups in total. The summed E-state index contributed by atoms with van der Waals surface area (Å²) in [4.78, 5) is 15.2. The number of likely N-dealkylation sites (tertiary alicyclic amines) is 1. The van der Waals surface area contributed by atoms with Crippen LogP contribution in [-0.2, 0) is 16.6 Å². The normalized spacial score (nSPS) is 14.1. The van der Waals surface area contributed by atoms with Crippen LogP contribution in [0.25, 0.3) is 55.7 Å². The van der Waals surface area contributed by atoms with E-state index in [4.69, 9.17) is 9.72 Å². The Morgan fingerprint density at radius 2 is 1.87 bits per heavy atom. The Bertz CT molecular complexity index is 2120. The molecule has 1 saturated heterocycles. The highest BCUT2D eigenvalue weighted by Crippen LogP contribution is 2.35. The topological polar surface area (TPSA) is 129 Å². The van der Waals surface area contributed by atoms with Crippen molar-refractivity contribution >= 4 is 32.0 Å². The fourth-order valence-corrected chi connectivity index (χ4v) is 6.27. The Balaban J connectivity index is 1.19. The molecule has 0 spiro atoms. The predicted octanol–water partition coefficient (Wildman–Crippen LogP) is 5.50. The van der Waals surface area contributed by atoms with Crippen LogP contribution in [0.15, 0.2) is 73.1 Å². The second kappa shape index (κ2) is 12.0. The van der Waals surface area contributed by atoms with E-state index in [0.29, 0.717) is 34.7 Å². The molecule has 0 radical (unpaired) electrons. The maximum Gasteiger partial charge on any atom is 0.209 e. The molecular weight excluding hydrogens is 593 g/mol. The molecule has 2 aromatic carbocycles. The number of sulfonamides is 1. The smallest absolute Gasteiger partial charge is 0.209 e. The zero-order valence-corrected chi connectivity index (χ0v) is 25.5. The highest BCUT2D eigenvalue weighted by atomic mass is 32.2. The Hall–Kier alpha value is -4.65. The van der Waals surface area contributed by atoms with E-state index in [2.05, 4.69) is 29.8 Å². The highest BCUT2D eigenvalue weighted by Gasteiger charge is 2.17. The van der Waals surface area contributed by atoms with Gasteiger partial charge in [-0.1, -0.05) is 12.1 Å². The minimum Gasteiger partial charge on any atom is -0.491 e. The number of aromatic nitrogens is 5. The average molecular weight is 626 g/mol. The summed E-state index contributed by atoms with van der Waals surface area (Å²) in [6.07, 6.45) is 7.07. The SMILES string of the molecule is CS(=O)(=O)NCc1cc(F)cc(-c2cccc3[nH]c(-c4n[nH]c5ccc(-c6cncc(OCCN7CCCC7)c6)nc45)cc23)c1. The summed E-state index contributed by atoms with van der Waals surface area (Å²) in [6.45, 7) is 3.77. The molecule has 1 aliphatic rings. The van der Waals surface area contributed by atoms with Gasteiger partial charge in [0.2, 0.25) is 10.0 Å². The van der Waals surface area contributed by atoms with Crippen LogP contribution in [0.1, 0.15) is 18.4 Å². The van der Waals surface area contributed by atoms with Gasteiger partial charge in [-0.25, -0.2) is 22.5 Å². The molecule has 1 fully saturated rings. The molecule has 0 saturated carbocycles. The molecule has 45 heavy (non-hydrogen) atoms. The lowest BCUT2D eigenvalue weighted by Crippen LogP contribution is -2.25. The van der Waals surface area contributed by atoms with Gasteiger partial charge in [0.25, 0.3) is 0 Å². The zero-order chi connectivity index (χ0) is 31.0. The van der Waals surface area contributed by atoms with Gasteiger partial charge in [0.05, 0.1) is 29.4 Å². The van der Waals surface area contributed by atoms with Crippen molar-refractivity contribution in [3.05, 3.63) is 84.4 Å². The quantitative estimate of drug-likeness (QED) is 0.183. The lowest BCUT2D eigenvalue weighted by molar-refractivity contribution is 0.237. The number of halogens is 1. The van der Waals surface area contributed by atoms with Crippen LogP contribution >= 0.6 is 0 Å². The molecule has 10 nitrogen and oxygen atoms in total. The lowest BCUT2D eigenvalue weighted by Gasteiger charge is -2.15. The van der Waals surface area contributed by atoms with Gasteiger partial charge >= 0.3 is 0 Å². The van der Waals surface area contributed by atoms with E-state index in [1.165, 1.54) is 25.0 Å². The van der Waals surface area contributed by atoms with E-state index in [-0.39, 0.29) is 6.54 Å². The fourth-order valence-electron chi connectivity index (χ4n) is 5.84. The van der Waals surface area contributed by atoms with Gasteiger partial charge in [-0.15, -0.1) is 0 Å². The van der Waals surface area contributed by atoms with Gasteiger partial charge in [0, 0.05) is 35.8 Å². The number of hydrogen-bond donors (Lipinski definition) is 3. The number of aromatic amines is 2. The number of fused-ring (bicyclic) bond motifs is 2. The van der Waals surface area contributed by atoms with E-state index in [0.717, 1.165) is 64.8 Å². The summed E-state index contributed by atoms with van der Waals surface area (Å²) in [6, 6.07) is 18.1. The van der Waals surface area contributed by atoms with Crippen molar-refractivity contribution in [3.8, 4) is 39.5 Å². The summed E-state index contributed by atoms with van der Waals surface area (Å²) in [7, 11) is -3.42. The van der Waals surface area contributed by atoms with E-state index in [9.17, 15) is 12.8 Å². The van der Waals surface area contributed by atoms with Gasteiger partial charge in [-0.05, 0) is 91.2 Å². The monoisotopic (exact) mass is 625 g/mol. The van der Waals surface area contributed by atoms with Crippen molar-refractivity contribution in [2.75, 3.05) is 32.5 Å². The number of H-pyrrole nitrogens is 2. The molecule has 12 heteroatoms. The Morgan fingerprint density at radius 3 is 2.71 bits per heavy atom. The Labute approximate surface area is 259 Å². The van der Waals surface area contributed by atoms with Crippen molar-refractivity contribution < 1.29 is 17.5 Å². The first kappa shape index (κ1) is 29.1. The molecule has 7 rings (SSSR count). The van der Waals surface area contributed by atoms with E-state index >= 15 is 0 Å². The largest absolute Gasteiger partial charge is 0.491 e. The fraction of sp³-hybridized carbons (Fsp3) is 0.242. The maximum atomic E-state index is 14.6. The zero-order valence-electron chi connectivity index (χ0n) is 24.7. The van der Waals surface area contributed by atoms with E-state index in [1.54, 1.807) is 18.5 Å². The molecule has 0 aliphatic carbocycles. The standard InChI is InChI=1S/C33H32FN7O3S/c1-45(42,43)36-18-21-13-22(15-24(34)14-21)26-5-4-6-29-27(26)17-31(37-29)33-32-30(39-40-33)8-7-28(38-32)23-16-25(20-35-19-23)44-12-11-41-9-2-3-10-41/h4-8,13-17,19-20,36-37H,2-3,9-12,18H2,1H3,(H,39,40). The number of nitrogens with one attached hydrogen (secondary N) is 3. The number of benzene rings is 2. The van der Waals surface area contributed by atoms with Gasteiger partial charge in [-0.2, -0.15) is 5.10 Å². The van der Waals surface area contributed by atoms with Crippen LogP contribution in [0, 0.1) is 5.82 Å². The summed E-state index contributed by atoms with van der Waals surface area (Å²) in [5.41, 5.74) is 7.27. The number of nitrogens with zero attached hydrogens (tertiary/aromatic N) is 4. The van der Waals surface area contributed by atoms with Crippen molar-refractivity contribution in [1.82, 2.24) is 34.8 Å². The summed E-state index contributed by atoms with van der Waals surface area (Å²) in [5.74, 6) is 0.257. The molecule has 0 atom stereocenters. The first-order valence-corrected chi connectivity index (χ1v) is 16.7. The molecular formula is C33H32FN7O3S. The van der Waals surface area contributed by atoms with E-state index < -0.39 is 15.8 Å². The molecule has 230 valence electrons. The average Bonchev–Trinajstić information content (AvgIpc) is 3.79. The van der Waals surface area contributed by atoms with E-state index in [1.807, 2.05) is 42.5 Å². The van der Waals surface area contributed by atoms with Gasteiger partial charge in [0.15, 0.2) is 0 Å². The van der Waals surface area contributed by atoms with Crippen molar-refractivity contribution in [1.29, 1.82) is 0 Å². The van der Waals surface area contributed by atoms with Gasteiger partial charge in [-0.3, -0.25) is 15.0 Å². The number of rotatable bonds is 10. The Morgan fingerprint density at radius 1 is 1.00 bits per heavy atom. The van der Waals surface area contributed by atoms with Crippen LogP contribution in [0.4, 0.5) is 4.39 Å². The van der Waals surface area contributed by atoms with Crippen LogP contribution in [0.3, 0.4) is 0 Å². The molecule has 0 unspecified atom stereocenters. The molecule has 6 aromatic rings. The molecule has 0 bridgehead atoms. The van der Waals surface area contributed by atoms with Gasteiger partial charge < -0.3 is 9.72 Å². The third-order valence-electron chi connectivity index (χ3n) is 8.02. The predicted molar refractivity (Wildman–Crippen MR) is 173 cm³/mol. The minimum atomic E-state index is -3.42. The van der Waals surface area contributed by atoms with Crippen molar-refractivity contribution in [2.24, 2.45) is 0 Å². The number of ether oxygens (including phenoxy) is 1. The third kappa shape index (κ3) is 6.44. The Kier molecular flexibility index (Phi) is 7.78. The first-order chi connectivity index (χ1) is 21.8. The second-order valence-electron chi connectivity index (χ2n) is 11.4. The minimum absolute atomic E-state index is 0.00558. The lowest BCUT2D eigenvalue weighted by atomic mass is 9.99. The highest BCUT2D eigenvalue weighted by molar-refractivity contribution is 7.88. The molecule has 0 amide bonds. The maximum absolute atomic E-state index is 14.6. The third-order valence-corrected chi connectivity index (χ3v) is 8.69. The van der Waals surface area contributed by atoms with Crippen LogP contribution in [0.5, 0.6) is 5.75 Å².